The first-order chi connectivity index (χ1) is 11.4. The minimum Gasteiger partial charge on any atom is -0.309 e. The molecule has 1 fully saturated rings. The average molecular weight is 386 g/mol. The molecular weight excluding hydrogens is 370 g/mol. The zero-order valence-electron chi connectivity index (χ0n) is 13.0. The Morgan fingerprint density at radius 3 is 2.88 bits per heavy atom. The van der Waals surface area contributed by atoms with E-state index in [1.54, 1.807) is 35.9 Å². The Labute approximate surface area is 149 Å². The summed E-state index contributed by atoms with van der Waals surface area (Å²) in [4.78, 5) is 12.2. The van der Waals surface area contributed by atoms with Gasteiger partial charge in [-0.1, -0.05) is 35.5 Å². The van der Waals surface area contributed by atoms with Crippen LogP contribution in [0.4, 0.5) is 0 Å². The van der Waals surface area contributed by atoms with E-state index in [0.717, 1.165) is 0 Å². The Balaban J connectivity index is 1.68. The summed E-state index contributed by atoms with van der Waals surface area (Å²) < 4.78 is 25.0. The van der Waals surface area contributed by atoms with Gasteiger partial charge in [-0.15, -0.1) is 10.2 Å². The Morgan fingerprint density at radius 2 is 2.21 bits per heavy atom. The van der Waals surface area contributed by atoms with Crippen molar-refractivity contribution in [2.24, 2.45) is 7.05 Å². The molecule has 0 radical (unpaired) electrons. The van der Waals surface area contributed by atoms with Crippen molar-refractivity contribution in [1.29, 1.82) is 0 Å². The number of rotatable bonds is 5. The number of Topliss-reactive ketones (excluding diaryl/α,β-unsaturated/α-hetero) is 1. The largest absolute Gasteiger partial charge is 0.309 e. The fourth-order valence-electron chi connectivity index (χ4n) is 2.68. The highest BCUT2D eigenvalue weighted by Gasteiger charge is 2.32. The third-order valence-corrected chi connectivity index (χ3v) is 6.97. The van der Waals surface area contributed by atoms with E-state index in [1.807, 2.05) is 0 Å². The van der Waals surface area contributed by atoms with Crippen LogP contribution in [0.3, 0.4) is 0 Å². The van der Waals surface area contributed by atoms with Crippen molar-refractivity contribution in [2.75, 3.05) is 17.3 Å². The summed E-state index contributed by atoms with van der Waals surface area (Å²) in [6.07, 6.45) is 0.570. The molecule has 1 aromatic carbocycles. The lowest BCUT2D eigenvalue weighted by Gasteiger charge is -2.07. The normalized spacial score (nSPS) is 19.5. The Kier molecular flexibility index (Phi) is 4.98. The number of hydrogen-bond acceptors (Lipinski definition) is 6. The van der Waals surface area contributed by atoms with Crippen molar-refractivity contribution in [1.82, 2.24) is 14.8 Å². The third kappa shape index (κ3) is 3.81. The summed E-state index contributed by atoms with van der Waals surface area (Å²) in [5, 5.41) is 9.34. The molecule has 1 aromatic heterocycles. The summed E-state index contributed by atoms with van der Waals surface area (Å²) in [6.45, 7) is 0. The highest BCUT2D eigenvalue weighted by atomic mass is 35.5. The molecule has 1 unspecified atom stereocenters. The second kappa shape index (κ2) is 6.85. The first-order valence-electron chi connectivity index (χ1n) is 7.37. The molecule has 128 valence electrons. The fourth-order valence-corrected chi connectivity index (χ4v) is 5.42. The molecule has 9 heteroatoms. The van der Waals surface area contributed by atoms with Crippen LogP contribution in [0.5, 0.6) is 0 Å². The summed E-state index contributed by atoms with van der Waals surface area (Å²) in [5.41, 5.74) is 0.555. The van der Waals surface area contributed by atoms with Crippen LogP contribution in [0.2, 0.25) is 5.02 Å². The van der Waals surface area contributed by atoms with Crippen LogP contribution in [-0.4, -0.2) is 46.2 Å². The summed E-state index contributed by atoms with van der Waals surface area (Å²) in [6, 6.07) is 6.81. The highest BCUT2D eigenvalue weighted by molar-refractivity contribution is 7.99. The highest BCUT2D eigenvalue weighted by Crippen LogP contribution is 2.29. The average Bonchev–Trinajstić information content (AvgIpc) is 3.07. The third-order valence-electron chi connectivity index (χ3n) is 3.95. The predicted molar refractivity (Wildman–Crippen MR) is 93.5 cm³/mol. The van der Waals surface area contributed by atoms with E-state index in [9.17, 15) is 13.2 Å². The van der Waals surface area contributed by atoms with Gasteiger partial charge in [-0.2, -0.15) is 0 Å². The molecule has 6 nitrogen and oxygen atoms in total. The quantitative estimate of drug-likeness (QED) is 0.580. The van der Waals surface area contributed by atoms with Gasteiger partial charge in [0.1, 0.15) is 5.82 Å². The van der Waals surface area contributed by atoms with Gasteiger partial charge in [0, 0.05) is 23.6 Å². The van der Waals surface area contributed by atoms with Crippen molar-refractivity contribution < 1.29 is 13.2 Å². The molecule has 0 bridgehead atoms. The molecule has 0 saturated carbocycles. The molecule has 0 aliphatic carbocycles. The second-order valence-electron chi connectivity index (χ2n) is 5.72. The maximum atomic E-state index is 12.2. The van der Waals surface area contributed by atoms with E-state index >= 15 is 0 Å². The van der Waals surface area contributed by atoms with Crippen molar-refractivity contribution >= 4 is 39.0 Å². The van der Waals surface area contributed by atoms with Crippen LogP contribution in [0.25, 0.3) is 0 Å². The number of benzene rings is 1. The summed E-state index contributed by atoms with van der Waals surface area (Å²) in [5.74, 6) is 1.02. The SMILES string of the molecule is Cn1c(SCC(=O)c2cccc(Cl)c2)nnc1C1CCS(=O)(=O)C1. The van der Waals surface area contributed by atoms with E-state index in [1.165, 1.54) is 11.8 Å². The number of halogens is 1. The number of sulfone groups is 1. The maximum absolute atomic E-state index is 12.2. The van der Waals surface area contributed by atoms with Gasteiger partial charge in [0.15, 0.2) is 20.8 Å². The number of carbonyl (C=O) groups is 1. The Hall–Kier alpha value is -1.38. The van der Waals surface area contributed by atoms with Crippen LogP contribution >= 0.6 is 23.4 Å². The zero-order valence-corrected chi connectivity index (χ0v) is 15.4. The molecular formula is C15H16ClN3O3S2. The molecule has 0 spiro atoms. The molecule has 1 saturated heterocycles. The molecule has 1 atom stereocenters. The van der Waals surface area contributed by atoms with E-state index < -0.39 is 9.84 Å². The molecule has 1 aliphatic rings. The van der Waals surface area contributed by atoms with Gasteiger partial charge in [-0.05, 0) is 18.6 Å². The molecule has 0 N–H and O–H groups in total. The van der Waals surface area contributed by atoms with Gasteiger partial charge in [0.05, 0.1) is 17.3 Å². The van der Waals surface area contributed by atoms with E-state index in [2.05, 4.69) is 10.2 Å². The summed E-state index contributed by atoms with van der Waals surface area (Å²) >= 11 is 7.18. The van der Waals surface area contributed by atoms with Crippen molar-refractivity contribution in [2.45, 2.75) is 17.5 Å². The van der Waals surface area contributed by atoms with E-state index in [-0.39, 0.29) is 29.0 Å². The number of aromatic nitrogens is 3. The van der Waals surface area contributed by atoms with Gasteiger partial charge in [0.25, 0.3) is 0 Å². The minimum absolute atomic E-state index is 0.0458. The lowest BCUT2D eigenvalue weighted by atomic mass is 10.1. The van der Waals surface area contributed by atoms with Gasteiger partial charge < -0.3 is 4.57 Å². The van der Waals surface area contributed by atoms with Crippen LogP contribution in [0.1, 0.15) is 28.5 Å². The molecule has 24 heavy (non-hydrogen) atoms. The Morgan fingerprint density at radius 1 is 1.42 bits per heavy atom. The first-order valence-corrected chi connectivity index (χ1v) is 10.6. The van der Waals surface area contributed by atoms with Crippen molar-refractivity contribution in [3.8, 4) is 0 Å². The molecule has 0 amide bonds. The molecule has 1 aliphatic heterocycles. The number of thioether (sulfide) groups is 1. The predicted octanol–water partition coefficient (Wildman–Crippen LogP) is 2.35. The Bertz CT molecular complexity index is 880. The van der Waals surface area contributed by atoms with Gasteiger partial charge in [-0.3, -0.25) is 4.79 Å². The first kappa shape index (κ1) is 17.4. The number of carbonyl (C=O) groups excluding carboxylic acids is 1. The van der Waals surface area contributed by atoms with Crippen LogP contribution in [-0.2, 0) is 16.9 Å². The summed E-state index contributed by atoms with van der Waals surface area (Å²) in [7, 11) is -1.17. The van der Waals surface area contributed by atoms with E-state index in [4.69, 9.17) is 11.6 Å². The monoisotopic (exact) mass is 385 g/mol. The maximum Gasteiger partial charge on any atom is 0.191 e. The van der Waals surface area contributed by atoms with Gasteiger partial charge in [-0.25, -0.2) is 8.42 Å². The molecule has 2 aromatic rings. The van der Waals surface area contributed by atoms with Crippen LogP contribution in [0, 0.1) is 0 Å². The van der Waals surface area contributed by atoms with Crippen LogP contribution in [0.15, 0.2) is 29.4 Å². The van der Waals surface area contributed by atoms with Gasteiger partial charge >= 0.3 is 0 Å². The number of ketones is 1. The van der Waals surface area contributed by atoms with Gasteiger partial charge in [0.2, 0.25) is 0 Å². The van der Waals surface area contributed by atoms with Crippen molar-refractivity contribution in [3.63, 3.8) is 0 Å². The lowest BCUT2D eigenvalue weighted by Crippen LogP contribution is -2.09. The second-order valence-corrected chi connectivity index (χ2v) is 9.33. The van der Waals surface area contributed by atoms with Crippen LogP contribution < -0.4 is 0 Å². The topological polar surface area (TPSA) is 81.9 Å². The lowest BCUT2D eigenvalue weighted by molar-refractivity contribution is 0.102. The molecule has 2 heterocycles. The minimum atomic E-state index is -2.97. The number of hydrogen-bond donors (Lipinski definition) is 0. The number of nitrogens with zero attached hydrogens (tertiary/aromatic N) is 3. The van der Waals surface area contributed by atoms with E-state index in [0.29, 0.717) is 28.0 Å². The smallest absolute Gasteiger partial charge is 0.191 e. The fraction of sp³-hybridized carbons (Fsp3) is 0.400. The zero-order chi connectivity index (χ0) is 17.3. The van der Waals surface area contributed by atoms with Crippen molar-refractivity contribution in [3.05, 3.63) is 40.7 Å². The molecule has 3 rings (SSSR count). The standard InChI is InChI=1S/C15H16ClN3O3S2/c1-19-14(11-5-6-24(21,22)9-11)17-18-15(19)23-8-13(20)10-3-2-4-12(16)7-10/h2-4,7,11H,5-6,8-9H2,1H3.